The van der Waals surface area contributed by atoms with Crippen molar-refractivity contribution in [3.63, 3.8) is 0 Å². The summed E-state index contributed by atoms with van der Waals surface area (Å²) in [6, 6.07) is 4.35. The minimum atomic E-state index is -0.960. The average molecular weight is 552 g/mol. The van der Waals surface area contributed by atoms with Crippen LogP contribution in [0.15, 0.2) is 30.7 Å². The largest absolute Gasteiger partial charge is 0.481 e. The molecule has 3 aliphatic heterocycles. The smallest absolute Gasteiger partial charge is 0.322 e. The highest BCUT2D eigenvalue weighted by Crippen LogP contribution is 2.44. The Morgan fingerprint density at radius 2 is 2.12 bits per heavy atom. The predicted molar refractivity (Wildman–Crippen MR) is 147 cm³/mol. The third kappa shape index (κ3) is 4.80. The van der Waals surface area contributed by atoms with Crippen LogP contribution in [0.3, 0.4) is 0 Å². The number of anilines is 1. The van der Waals surface area contributed by atoms with Gasteiger partial charge in [0.1, 0.15) is 13.2 Å². The monoisotopic (exact) mass is 551 g/mol. The zero-order valence-corrected chi connectivity index (χ0v) is 23.0. The van der Waals surface area contributed by atoms with Crippen molar-refractivity contribution in [3.8, 4) is 17.6 Å². The van der Waals surface area contributed by atoms with Crippen molar-refractivity contribution in [2.75, 3.05) is 51.3 Å². The molecule has 2 unspecified atom stereocenters. The molecule has 0 saturated carbocycles. The van der Waals surface area contributed by atoms with Gasteiger partial charge in [0.2, 0.25) is 5.75 Å². The number of aryl methyl sites for hydroxylation is 1. The van der Waals surface area contributed by atoms with E-state index < -0.39 is 17.8 Å². The van der Waals surface area contributed by atoms with Crippen LogP contribution in [0.2, 0.25) is 0 Å². The number of halogens is 1. The van der Waals surface area contributed by atoms with Crippen LogP contribution in [0.25, 0.3) is 10.9 Å². The fourth-order valence-electron chi connectivity index (χ4n) is 5.90. The highest BCUT2D eigenvalue weighted by Gasteiger charge is 2.36. The Morgan fingerprint density at radius 1 is 1.27 bits per heavy atom. The van der Waals surface area contributed by atoms with Crippen molar-refractivity contribution in [1.29, 1.82) is 0 Å². The molecular weight excluding hydrogens is 517 g/mol. The third-order valence-electron chi connectivity index (χ3n) is 8.13. The first-order valence-electron chi connectivity index (χ1n) is 13.7. The van der Waals surface area contributed by atoms with Crippen LogP contribution in [0.1, 0.15) is 37.0 Å². The minimum absolute atomic E-state index is 0.173. The number of nitrogens with one attached hydrogen (secondary N) is 1. The first-order chi connectivity index (χ1) is 19.3. The molecular formula is C28H34FN7O4. The summed E-state index contributed by atoms with van der Waals surface area (Å²) in [4.78, 5) is 27.4. The summed E-state index contributed by atoms with van der Waals surface area (Å²) in [6.07, 6.45) is 3.57. The van der Waals surface area contributed by atoms with Crippen LogP contribution >= 0.6 is 0 Å². The van der Waals surface area contributed by atoms with Gasteiger partial charge < -0.3 is 28.9 Å². The van der Waals surface area contributed by atoms with Gasteiger partial charge in [-0.2, -0.15) is 15.1 Å². The van der Waals surface area contributed by atoms with Gasteiger partial charge in [-0.05, 0) is 51.9 Å². The second-order valence-electron chi connectivity index (χ2n) is 10.8. The van der Waals surface area contributed by atoms with Crippen LogP contribution in [-0.4, -0.2) is 94.4 Å². The zero-order chi connectivity index (χ0) is 28.0. The lowest BCUT2D eigenvalue weighted by Crippen LogP contribution is -2.54. The van der Waals surface area contributed by atoms with Gasteiger partial charge in [-0.1, -0.05) is 12.6 Å². The molecule has 2 aromatic heterocycles. The fraction of sp³-hybridized carbons (Fsp3) is 0.500. The van der Waals surface area contributed by atoms with Crippen molar-refractivity contribution in [2.24, 2.45) is 0 Å². The van der Waals surface area contributed by atoms with Gasteiger partial charge in [-0.3, -0.25) is 9.89 Å². The Kier molecular flexibility index (Phi) is 6.95. The van der Waals surface area contributed by atoms with E-state index in [0.29, 0.717) is 43.7 Å². The second-order valence-corrected chi connectivity index (χ2v) is 10.8. The fourth-order valence-corrected chi connectivity index (χ4v) is 5.90. The van der Waals surface area contributed by atoms with Crippen molar-refractivity contribution in [2.45, 2.75) is 44.9 Å². The number of piperazine rings is 1. The molecule has 2 fully saturated rings. The molecule has 1 N–H and O–H groups in total. The number of H-pyrrole nitrogens is 1. The maximum Gasteiger partial charge on any atom is 0.322 e. The van der Waals surface area contributed by atoms with Crippen LogP contribution < -0.4 is 19.1 Å². The maximum absolute atomic E-state index is 13.5. The number of hydrogen-bond acceptors (Lipinski definition) is 9. The lowest BCUT2D eigenvalue weighted by atomic mass is 9.99. The summed E-state index contributed by atoms with van der Waals surface area (Å²) in [5.41, 5.74) is 2.96. The summed E-state index contributed by atoms with van der Waals surface area (Å²) in [6.45, 7) is 9.97. The number of likely N-dealkylation sites (N-methyl/N-ethyl adjacent to an activating group) is 1. The Morgan fingerprint density at radius 3 is 2.88 bits per heavy atom. The molecule has 11 nitrogen and oxygen atoms in total. The number of aromatic nitrogens is 4. The number of benzene rings is 1. The average Bonchev–Trinajstić information content (AvgIpc) is 3.59. The number of nitrogens with zero attached hydrogens (tertiary/aromatic N) is 6. The standard InChI is InChI=1S/C28H34FN7O4/c1-16-7-8-21-20(12-30-33-21)23(16)22-15-38-24-25(36-11-10-35(13-17(36)2)27(37)18(3)29)31-28(32-26(24)40-22)39-14-19-6-5-9-34(19)4/h7-8,12,17,19,22H,3,5-6,9-11,13-15H2,1-2,4H3,(H,30,33)/t17-,19?,22?/m0/s1. The Balaban J connectivity index is 1.32. The molecule has 0 radical (unpaired) electrons. The number of ether oxygens (including phenoxy) is 3. The molecule has 212 valence electrons. The molecule has 6 rings (SSSR count). The first-order valence-corrected chi connectivity index (χ1v) is 13.7. The zero-order valence-electron chi connectivity index (χ0n) is 23.0. The van der Waals surface area contributed by atoms with Crippen LogP contribution in [0.4, 0.5) is 10.2 Å². The molecule has 1 amide bonds. The highest BCUT2D eigenvalue weighted by molar-refractivity contribution is 5.90. The topological polar surface area (TPSA) is 109 Å². The van der Waals surface area contributed by atoms with Gasteiger partial charge in [0.05, 0.1) is 11.7 Å². The number of rotatable bonds is 6. The highest BCUT2D eigenvalue weighted by atomic mass is 19.1. The van der Waals surface area contributed by atoms with E-state index in [1.165, 1.54) is 4.90 Å². The molecule has 0 spiro atoms. The molecule has 0 aliphatic carbocycles. The number of amides is 1. The SMILES string of the molecule is C=C(F)C(=O)N1CCN(c2nc(OCC3CCCN3C)nc3c2OCC(c2c(C)ccc4[nH]ncc24)O3)[C@@H](C)C1. The summed E-state index contributed by atoms with van der Waals surface area (Å²) in [7, 11) is 2.09. The normalized spacial score (nSPS) is 23.1. The molecule has 2 saturated heterocycles. The number of carbonyl (C=O) groups excluding carboxylic acids is 1. The summed E-state index contributed by atoms with van der Waals surface area (Å²) in [5, 5.41) is 8.19. The lowest BCUT2D eigenvalue weighted by molar-refractivity contribution is -0.129. The number of carbonyl (C=O) groups is 1. The van der Waals surface area contributed by atoms with Crippen LogP contribution in [0.5, 0.6) is 17.6 Å². The summed E-state index contributed by atoms with van der Waals surface area (Å²) < 4.78 is 32.5. The van der Waals surface area contributed by atoms with Crippen molar-refractivity contribution < 1.29 is 23.4 Å². The molecule has 40 heavy (non-hydrogen) atoms. The number of aromatic amines is 1. The van der Waals surface area contributed by atoms with E-state index in [2.05, 4.69) is 33.7 Å². The van der Waals surface area contributed by atoms with E-state index in [-0.39, 0.29) is 24.7 Å². The number of likely N-dealkylation sites (tertiary alicyclic amines) is 1. The molecule has 0 bridgehead atoms. The van der Waals surface area contributed by atoms with Crippen LogP contribution in [0, 0.1) is 6.92 Å². The summed E-state index contributed by atoms with van der Waals surface area (Å²) in [5.74, 6) is -0.375. The number of hydrogen-bond donors (Lipinski definition) is 1. The predicted octanol–water partition coefficient (Wildman–Crippen LogP) is 3.17. The molecule has 12 heteroatoms. The maximum atomic E-state index is 13.5. The molecule has 5 heterocycles. The Labute approximate surface area is 231 Å². The van der Waals surface area contributed by atoms with Crippen molar-refractivity contribution in [1.82, 2.24) is 30.0 Å². The van der Waals surface area contributed by atoms with E-state index in [4.69, 9.17) is 19.2 Å². The molecule has 3 aliphatic rings. The van der Waals surface area contributed by atoms with E-state index in [9.17, 15) is 9.18 Å². The number of fused-ring (bicyclic) bond motifs is 2. The molecule has 3 atom stereocenters. The van der Waals surface area contributed by atoms with Crippen molar-refractivity contribution in [3.05, 3.63) is 41.9 Å². The van der Waals surface area contributed by atoms with Gasteiger partial charge in [0.25, 0.3) is 11.8 Å². The van der Waals surface area contributed by atoms with Gasteiger partial charge in [-0.15, -0.1) is 0 Å². The Hall–Kier alpha value is -3.93. The molecule has 3 aromatic rings. The molecule has 1 aromatic carbocycles. The van der Waals surface area contributed by atoms with Crippen LogP contribution in [-0.2, 0) is 4.79 Å². The first kappa shape index (κ1) is 26.3. The minimum Gasteiger partial charge on any atom is -0.481 e. The quantitative estimate of drug-likeness (QED) is 0.462. The van der Waals surface area contributed by atoms with E-state index in [1.807, 2.05) is 30.9 Å². The second kappa shape index (κ2) is 10.6. The van der Waals surface area contributed by atoms with Gasteiger partial charge in [-0.25, -0.2) is 4.39 Å². The van der Waals surface area contributed by atoms with Crippen molar-refractivity contribution >= 4 is 22.6 Å². The lowest BCUT2D eigenvalue weighted by Gasteiger charge is -2.41. The Bertz CT molecular complexity index is 1450. The van der Waals surface area contributed by atoms with Gasteiger partial charge in [0, 0.05) is 42.7 Å². The van der Waals surface area contributed by atoms with E-state index >= 15 is 0 Å². The van der Waals surface area contributed by atoms with E-state index in [0.717, 1.165) is 41.4 Å². The van der Waals surface area contributed by atoms with Gasteiger partial charge >= 0.3 is 6.01 Å². The summed E-state index contributed by atoms with van der Waals surface area (Å²) >= 11 is 0. The van der Waals surface area contributed by atoms with Gasteiger partial charge in [0.15, 0.2) is 17.7 Å². The third-order valence-corrected chi connectivity index (χ3v) is 8.13. The van der Waals surface area contributed by atoms with E-state index in [1.54, 1.807) is 6.20 Å².